The lowest BCUT2D eigenvalue weighted by atomic mass is 10.1. The van der Waals surface area contributed by atoms with Crippen LogP contribution < -0.4 is 10.5 Å². The van der Waals surface area contributed by atoms with Gasteiger partial charge in [-0.25, -0.2) is 4.98 Å². The highest BCUT2D eigenvalue weighted by Gasteiger charge is 2.16. The average molecular weight is 389 g/mol. The molecule has 0 amide bonds. The van der Waals surface area contributed by atoms with Gasteiger partial charge in [0.15, 0.2) is 5.58 Å². The standard InChI is InChI=1S/C23H23N3O3/c24-18-5-6-20-22(15-18)29-23(25-20)19-13-16-3-1-2-4-17(16)14-21(19)28-12-9-26-7-10-27-11-8-26/h1-6,13-15H,7-12,24H2. The molecule has 0 spiro atoms. The van der Waals surface area contributed by atoms with Gasteiger partial charge in [-0.1, -0.05) is 24.3 Å². The average Bonchev–Trinajstić information content (AvgIpc) is 3.17. The number of hydrogen-bond acceptors (Lipinski definition) is 6. The number of aromatic nitrogens is 1. The van der Waals surface area contributed by atoms with Crippen LogP contribution in [0.25, 0.3) is 33.3 Å². The maximum atomic E-state index is 6.21. The molecule has 1 aliphatic heterocycles. The minimum Gasteiger partial charge on any atom is -0.491 e. The molecule has 0 bridgehead atoms. The SMILES string of the molecule is Nc1ccc2nc(-c3cc4ccccc4cc3OCCN3CCOCC3)oc2c1. The summed E-state index contributed by atoms with van der Waals surface area (Å²) in [5, 5.41) is 2.24. The van der Waals surface area contributed by atoms with Crippen LogP contribution in [0.4, 0.5) is 5.69 Å². The monoisotopic (exact) mass is 389 g/mol. The van der Waals surface area contributed by atoms with E-state index in [1.165, 1.54) is 0 Å². The fraction of sp³-hybridized carbons (Fsp3) is 0.261. The largest absolute Gasteiger partial charge is 0.491 e. The van der Waals surface area contributed by atoms with Crippen molar-refractivity contribution in [3.05, 3.63) is 54.6 Å². The van der Waals surface area contributed by atoms with Crippen molar-refractivity contribution < 1.29 is 13.9 Å². The Labute approximate surface area is 168 Å². The first kappa shape index (κ1) is 18.0. The quantitative estimate of drug-likeness (QED) is 0.521. The number of hydrogen-bond donors (Lipinski definition) is 1. The summed E-state index contributed by atoms with van der Waals surface area (Å²) in [6, 6.07) is 17.9. The third-order valence-electron chi connectivity index (χ3n) is 5.26. The highest BCUT2D eigenvalue weighted by Crippen LogP contribution is 2.35. The summed E-state index contributed by atoms with van der Waals surface area (Å²) in [7, 11) is 0. The van der Waals surface area contributed by atoms with Gasteiger partial charge >= 0.3 is 0 Å². The predicted octanol–water partition coefficient (Wildman–Crippen LogP) is 3.94. The maximum Gasteiger partial charge on any atom is 0.231 e. The fourth-order valence-corrected chi connectivity index (χ4v) is 3.67. The summed E-state index contributed by atoms with van der Waals surface area (Å²) in [4.78, 5) is 7.01. The zero-order valence-corrected chi connectivity index (χ0v) is 16.1. The smallest absolute Gasteiger partial charge is 0.231 e. The Kier molecular flexibility index (Phi) is 4.79. The number of oxazole rings is 1. The van der Waals surface area contributed by atoms with Crippen LogP contribution in [0.1, 0.15) is 0 Å². The van der Waals surface area contributed by atoms with E-state index in [9.17, 15) is 0 Å². The number of nitrogens with two attached hydrogens (primary N) is 1. The number of fused-ring (bicyclic) bond motifs is 2. The Balaban J connectivity index is 1.48. The lowest BCUT2D eigenvalue weighted by Crippen LogP contribution is -2.38. The summed E-state index contributed by atoms with van der Waals surface area (Å²) in [6.07, 6.45) is 0. The van der Waals surface area contributed by atoms with Crippen molar-refractivity contribution in [3.63, 3.8) is 0 Å². The zero-order valence-electron chi connectivity index (χ0n) is 16.1. The van der Waals surface area contributed by atoms with Crippen molar-refractivity contribution in [2.24, 2.45) is 0 Å². The number of rotatable bonds is 5. The fourth-order valence-electron chi connectivity index (χ4n) is 3.67. The second-order valence-electron chi connectivity index (χ2n) is 7.24. The summed E-state index contributed by atoms with van der Waals surface area (Å²) in [6.45, 7) is 4.92. The van der Waals surface area contributed by atoms with Crippen LogP contribution in [0.15, 0.2) is 59.0 Å². The van der Waals surface area contributed by atoms with Crippen LogP contribution in [0, 0.1) is 0 Å². The van der Waals surface area contributed by atoms with E-state index < -0.39 is 0 Å². The van der Waals surface area contributed by atoms with Crippen molar-refractivity contribution in [1.82, 2.24) is 9.88 Å². The van der Waals surface area contributed by atoms with Gasteiger partial charge < -0.3 is 19.6 Å². The number of ether oxygens (including phenoxy) is 2. The lowest BCUT2D eigenvalue weighted by Gasteiger charge is -2.26. The van der Waals surface area contributed by atoms with Crippen molar-refractivity contribution in [2.45, 2.75) is 0 Å². The molecule has 5 rings (SSSR count). The van der Waals surface area contributed by atoms with Crippen LogP contribution >= 0.6 is 0 Å². The summed E-state index contributed by atoms with van der Waals surface area (Å²) in [5.41, 5.74) is 8.84. The van der Waals surface area contributed by atoms with Crippen molar-refractivity contribution in [1.29, 1.82) is 0 Å². The van der Waals surface area contributed by atoms with Crippen molar-refractivity contribution >= 4 is 27.6 Å². The van der Waals surface area contributed by atoms with Crippen LogP contribution in [0.2, 0.25) is 0 Å². The first-order valence-corrected chi connectivity index (χ1v) is 9.88. The number of anilines is 1. The molecule has 148 valence electrons. The Morgan fingerprint density at radius 2 is 1.79 bits per heavy atom. The van der Waals surface area contributed by atoms with Crippen molar-refractivity contribution in [2.75, 3.05) is 45.2 Å². The van der Waals surface area contributed by atoms with E-state index in [1.807, 2.05) is 24.3 Å². The van der Waals surface area contributed by atoms with E-state index in [0.717, 1.165) is 60.5 Å². The molecule has 1 fully saturated rings. The predicted molar refractivity (Wildman–Crippen MR) is 114 cm³/mol. The van der Waals surface area contributed by atoms with E-state index in [1.54, 1.807) is 6.07 Å². The van der Waals surface area contributed by atoms with Crippen LogP contribution in [0.5, 0.6) is 5.75 Å². The van der Waals surface area contributed by atoms with E-state index >= 15 is 0 Å². The van der Waals surface area contributed by atoms with Gasteiger partial charge in [0.25, 0.3) is 0 Å². The molecule has 6 heteroatoms. The van der Waals surface area contributed by atoms with Gasteiger partial charge in [-0.3, -0.25) is 4.90 Å². The molecule has 0 radical (unpaired) electrons. The molecular formula is C23H23N3O3. The minimum absolute atomic E-state index is 0.540. The summed E-state index contributed by atoms with van der Waals surface area (Å²) >= 11 is 0. The third kappa shape index (κ3) is 3.77. The van der Waals surface area contributed by atoms with Gasteiger partial charge in [0.2, 0.25) is 5.89 Å². The van der Waals surface area contributed by atoms with Crippen LogP contribution in [0.3, 0.4) is 0 Å². The summed E-state index contributed by atoms with van der Waals surface area (Å²) in [5.74, 6) is 1.31. The number of benzene rings is 3. The molecule has 0 atom stereocenters. The number of nitrogen functional groups attached to an aromatic ring is 1. The van der Waals surface area contributed by atoms with E-state index in [2.05, 4.69) is 34.1 Å². The molecule has 2 N–H and O–H groups in total. The van der Waals surface area contributed by atoms with Crippen LogP contribution in [-0.2, 0) is 4.74 Å². The molecule has 6 nitrogen and oxygen atoms in total. The van der Waals surface area contributed by atoms with Gasteiger partial charge in [-0.15, -0.1) is 0 Å². The van der Waals surface area contributed by atoms with Gasteiger partial charge in [0.1, 0.15) is 17.9 Å². The third-order valence-corrected chi connectivity index (χ3v) is 5.26. The normalized spacial score (nSPS) is 15.2. The molecule has 4 aromatic rings. The van der Waals surface area contributed by atoms with Gasteiger partial charge in [0.05, 0.1) is 18.8 Å². The van der Waals surface area contributed by atoms with E-state index in [0.29, 0.717) is 23.8 Å². The zero-order chi connectivity index (χ0) is 19.6. The Morgan fingerprint density at radius 3 is 2.62 bits per heavy atom. The van der Waals surface area contributed by atoms with Crippen LogP contribution in [-0.4, -0.2) is 49.3 Å². The number of nitrogens with zero attached hydrogens (tertiary/aromatic N) is 2. The van der Waals surface area contributed by atoms with Crippen molar-refractivity contribution in [3.8, 4) is 17.2 Å². The maximum absolute atomic E-state index is 6.21. The molecule has 1 aromatic heterocycles. The van der Waals surface area contributed by atoms with Gasteiger partial charge in [-0.2, -0.15) is 0 Å². The molecule has 2 heterocycles. The summed E-state index contributed by atoms with van der Waals surface area (Å²) < 4.78 is 17.7. The topological polar surface area (TPSA) is 73.8 Å². The molecule has 0 aliphatic carbocycles. The second kappa shape index (κ2) is 7.73. The highest BCUT2D eigenvalue weighted by molar-refractivity contribution is 5.90. The Hall–Kier alpha value is -3.09. The highest BCUT2D eigenvalue weighted by atomic mass is 16.5. The Morgan fingerprint density at radius 1 is 1.00 bits per heavy atom. The molecule has 1 saturated heterocycles. The molecular weight excluding hydrogens is 366 g/mol. The van der Waals surface area contributed by atoms with Gasteiger partial charge in [0, 0.05) is 31.4 Å². The molecule has 1 aliphatic rings. The van der Waals surface area contributed by atoms with E-state index in [4.69, 9.17) is 19.6 Å². The first-order chi connectivity index (χ1) is 14.3. The second-order valence-corrected chi connectivity index (χ2v) is 7.24. The molecule has 0 unspecified atom stereocenters. The number of morpholine rings is 1. The lowest BCUT2D eigenvalue weighted by molar-refractivity contribution is 0.0323. The molecule has 29 heavy (non-hydrogen) atoms. The first-order valence-electron chi connectivity index (χ1n) is 9.88. The molecule has 3 aromatic carbocycles. The minimum atomic E-state index is 0.540. The molecule has 0 saturated carbocycles. The Bertz CT molecular complexity index is 1150. The van der Waals surface area contributed by atoms with E-state index in [-0.39, 0.29) is 0 Å². The van der Waals surface area contributed by atoms with Gasteiger partial charge in [-0.05, 0) is 35.0 Å².